The monoisotopic (exact) mass is 350 g/mol. The zero-order chi connectivity index (χ0) is 18.1. The molecule has 0 saturated heterocycles. The first kappa shape index (κ1) is 16.6. The summed E-state index contributed by atoms with van der Waals surface area (Å²) in [5, 5.41) is 7.46. The first-order chi connectivity index (χ1) is 12.6. The Morgan fingerprint density at radius 3 is 2.81 bits per heavy atom. The van der Waals surface area contributed by atoms with E-state index in [9.17, 15) is 9.59 Å². The minimum absolute atomic E-state index is 0.0103. The van der Waals surface area contributed by atoms with Crippen LogP contribution < -0.4 is 10.9 Å². The van der Waals surface area contributed by atoms with Crippen molar-refractivity contribution in [3.05, 3.63) is 63.8 Å². The third-order valence-corrected chi connectivity index (χ3v) is 5.02. The minimum atomic E-state index is -0.212. The molecule has 0 unspecified atom stereocenters. The maximum absolute atomic E-state index is 13.0. The summed E-state index contributed by atoms with van der Waals surface area (Å²) in [5.74, 6) is -0.212. The zero-order valence-electron chi connectivity index (χ0n) is 14.9. The zero-order valence-corrected chi connectivity index (χ0v) is 14.9. The van der Waals surface area contributed by atoms with Crippen LogP contribution in [0.3, 0.4) is 0 Å². The number of carbonyl (C=O) groups excluding carboxylic acids is 1. The van der Waals surface area contributed by atoms with Gasteiger partial charge in [-0.05, 0) is 44.2 Å². The van der Waals surface area contributed by atoms with Gasteiger partial charge in [0.25, 0.3) is 5.56 Å². The van der Waals surface area contributed by atoms with Crippen LogP contribution in [0.25, 0.3) is 5.52 Å². The van der Waals surface area contributed by atoms with Crippen molar-refractivity contribution in [3.8, 4) is 0 Å². The summed E-state index contributed by atoms with van der Waals surface area (Å²) in [6.07, 6.45) is 8.58. The van der Waals surface area contributed by atoms with Crippen LogP contribution in [0.1, 0.15) is 36.1 Å². The third kappa shape index (κ3) is 3.03. The van der Waals surface area contributed by atoms with Crippen molar-refractivity contribution in [2.24, 2.45) is 0 Å². The Balaban J connectivity index is 1.64. The molecule has 0 saturated carbocycles. The lowest BCUT2D eigenvalue weighted by Gasteiger charge is -2.10. The van der Waals surface area contributed by atoms with Gasteiger partial charge in [-0.15, -0.1) is 0 Å². The van der Waals surface area contributed by atoms with Gasteiger partial charge in [0, 0.05) is 23.6 Å². The molecule has 0 fully saturated rings. The average molecular weight is 350 g/mol. The van der Waals surface area contributed by atoms with Gasteiger partial charge in [0.1, 0.15) is 12.1 Å². The minimum Gasteiger partial charge on any atom is -0.324 e. The van der Waals surface area contributed by atoms with Gasteiger partial charge >= 0.3 is 0 Å². The number of nitrogens with one attached hydrogen (secondary N) is 1. The molecule has 1 N–H and O–H groups in total. The number of aromatic nitrogens is 3. The van der Waals surface area contributed by atoms with E-state index in [2.05, 4.69) is 10.4 Å². The maximum atomic E-state index is 13.0. The Hall–Kier alpha value is -2.89. The summed E-state index contributed by atoms with van der Waals surface area (Å²) < 4.78 is 3.14. The number of carbonyl (C=O) groups is 1. The predicted octanol–water partition coefficient (Wildman–Crippen LogP) is 2.71. The topological polar surface area (TPSA) is 68.4 Å². The molecule has 0 spiro atoms. The molecule has 3 aromatic rings. The van der Waals surface area contributed by atoms with E-state index in [0.717, 1.165) is 48.2 Å². The van der Waals surface area contributed by atoms with Crippen molar-refractivity contribution < 1.29 is 4.79 Å². The number of benzene rings is 1. The van der Waals surface area contributed by atoms with E-state index < -0.39 is 0 Å². The first-order valence-corrected chi connectivity index (χ1v) is 9.08. The van der Waals surface area contributed by atoms with Gasteiger partial charge in [0.15, 0.2) is 0 Å². The molecule has 6 heteroatoms. The molecule has 26 heavy (non-hydrogen) atoms. The summed E-state index contributed by atoms with van der Waals surface area (Å²) in [6, 6.07) is 7.60. The highest BCUT2D eigenvalue weighted by atomic mass is 16.2. The lowest BCUT2D eigenvalue weighted by molar-refractivity contribution is -0.116. The van der Waals surface area contributed by atoms with Gasteiger partial charge in [-0.25, -0.2) is 4.52 Å². The van der Waals surface area contributed by atoms with E-state index in [1.165, 1.54) is 11.0 Å². The van der Waals surface area contributed by atoms with Crippen LogP contribution in [0.2, 0.25) is 0 Å². The highest BCUT2D eigenvalue weighted by molar-refractivity contribution is 5.91. The lowest BCUT2D eigenvalue weighted by Crippen LogP contribution is -2.28. The van der Waals surface area contributed by atoms with Gasteiger partial charge in [-0.2, -0.15) is 5.10 Å². The van der Waals surface area contributed by atoms with Gasteiger partial charge in [0.2, 0.25) is 5.91 Å². The van der Waals surface area contributed by atoms with Crippen molar-refractivity contribution in [2.75, 3.05) is 5.32 Å². The quantitative estimate of drug-likeness (QED) is 0.739. The highest BCUT2D eigenvalue weighted by Gasteiger charge is 2.19. The first-order valence-electron chi connectivity index (χ1n) is 9.08. The number of anilines is 1. The number of hydrogen-bond acceptors (Lipinski definition) is 3. The van der Waals surface area contributed by atoms with Gasteiger partial charge in [0.05, 0.1) is 5.69 Å². The Labute approximate surface area is 151 Å². The molecule has 1 aliphatic rings. The Morgan fingerprint density at radius 1 is 1.15 bits per heavy atom. The van der Waals surface area contributed by atoms with Crippen molar-refractivity contribution in [1.29, 1.82) is 0 Å². The molecular formula is C20H22N4O2. The smallest absolute Gasteiger partial charge is 0.277 e. The molecule has 1 amide bonds. The van der Waals surface area contributed by atoms with Crippen LogP contribution in [0.4, 0.5) is 5.69 Å². The fourth-order valence-electron chi connectivity index (χ4n) is 3.61. The molecule has 2 heterocycles. The molecule has 0 atom stereocenters. The second kappa shape index (κ2) is 6.78. The number of rotatable bonds is 3. The normalized spacial score (nSPS) is 14.0. The number of amides is 1. The fourth-order valence-corrected chi connectivity index (χ4v) is 3.61. The van der Waals surface area contributed by atoms with Crippen molar-refractivity contribution >= 4 is 17.1 Å². The van der Waals surface area contributed by atoms with Gasteiger partial charge < -0.3 is 9.88 Å². The van der Waals surface area contributed by atoms with Crippen LogP contribution >= 0.6 is 0 Å². The van der Waals surface area contributed by atoms with Gasteiger partial charge in [-0.3, -0.25) is 9.59 Å². The Morgan fingerprint density at radius 2 is 1.96 bits per heavy atom. The standard InChI is InChI=1S/C20H22N4O2/c1-14-7-5-6-9-16(14)21-18(25)13-23-11-12-24-19(20(23)26)15-8-3-2-4-10-17(15)22-24/h5-7,9,11-12H,2-4,8,10,13H2,1H3,(H,21,25). The van der Waals surface area contributed by atoms with Crippen LogP contribution in [-0.4, -0.2) is 20.1 Å². The van der Waals surface area contributed by atoms with Crippen molar-refractivity contribution in [1.82, 2.24) is 14.2 Å². The summed E-state index contributed by atoms with van der Waals surface area (Å²) in [6.45, 7) is 1.93. The maximum Gasteiger partial charge on any atom is 0.277 e. The highest BCUT2D eigenvalue weighted by Crippen LogP contribution is 2.22. The summed E-state index contributed by atoms with van der Waals surface area (Å²) in [4.78, 5) is 25.4. The van der Waals surface area contributed by atoms with E-state index in [1.54, 1.807) is 16.9 Å². The second-order valence-electron chi connectivity index (χ2n) is 6.87. The summed E-state index contributed by atoms with van der Waals surface area (Å²) in [5.41, 5.74) is 4.31. The third-order valence-electron chi connectivity index (χ3n) is 5.02. The van der Waals surface area contributed by atoms with E-state index in [1.807, 2.05) is 31.2 Å². The average Bonchev–Trinajstić information content (AvgIpc) is 2.82. The van der Waals surface area contributed by atoms with Crippen LogP contribution in [0, 0.1) is 6.92 Å². The fraction of sp³-hybridized carbons (Fsp3) is 0.350. The van der Waals surface area contributed by atoms with Crippen LogP contribution in [-0.2, 0) is 24.2 Å². The molecule has 0 aliphatic heterocycles. The Bertz CT molecular complexity index is 1030. The summed E-state index contributed by atoms with van der Waals surface area (Å²) in [7, 11) is 0. The van der Waals surface area contributed by atoms with Crippen LogP contribution in [0.5, 0.6) is 0 Å². The molecule has 6 nitrogen and oxygen atoms in total. The van der Waals surface area contributed by atoms with Gasteiger partial charge in [-0.1, -0.05) is 24.6 Å². The van der Waals surface area contributed by atoms with E-state index >= 15 is 0 Å². The molecule has 0 radical (unpaired) electrons. The van der Waals surface area contributed by atoms with Crippen LogP contribution in [0.15, 0.2) is 41.5 Å². The van der Waals surface area contributed by atoms with E-state index in [0.29, 0.717) is 5.52 Å². The molecule has 2 aromatic heterocycles. The molecule has 1 aliphatic carbocycles. The number of para-hydroxylation sites is 1. The summed E-state index contributed by atoms with van der Waals surface area (Å²) >= 11 is 0. The van der Waals surface area contributed by atoms with E-state index in [-0.39, 0.29) is 18.0 Å². The van der Waals surface area contributed by atoms with E-state index in [4.69, 9.17) is 0 Å². The molecule has 0 bridgehead atoms. The molecular weight excluding hydrogens is 328 g/mol. The second-order valence-corrected chi connectivity index (χ2v) is 6.87. The SMILES string of the molecule is Cc1ccccc1NC(=O)Cn1ccn2nc3c(c2c1=O)CCCCC3. The number of nitrogens with zero attached hydrogens (tertiary/aromatic N) is 3. The molecule has 134 valence electrons. The lowest BCUT2D eigenvalue weighted by atomic mass is 10.1. The largest absolute Gasteiger partial charge is 0.324 e. The Kier molecular flexibility index (Phi) is 4.32. The molecule has 1 aromatic carbocycles. The number of hydrogen-bond donors (Lipinski definition) is 1. The van der Waals surface area contributed by atoms with Crippen molar-refractivity contribution in [2.45, 2.75) is 45.6 Å². The predicted molar refractivity (Wildman–Crippen MR) is 101 cm³/mol. The molecule has 4 rings (SSSR count). The van der Waals surface area contributed by atoms with Crippen molar-refractivity contribution in [3.63, 3.8) is 0 Å². The number of aryl methyl sites for hydroxylation is 3. The number of fused-ring (bicyclic) bond motifs is 3.